The highest BCUT2D eigenvalue weighted by Crippen LogP contribution is 2.43. The van der Waals surface area contributed by atoms with Crippen molar-refractivity contribution >= 4 is 34.1 Å². The Kier molecular flexibility index (Phi) is 13.7. The first-order valence-electron chi connectivity index (χ1n) is 17.1. The number of ether oxygens (including phenoxy) is 3. The third-order valence-electron chi connectivity index (χ3n) is 8.27. The number of nitrogens with one attached hydrogen (secondary N) is 3. The van der Waals surface area contributed by atoms with Crippen LogP contribution in [0.1, 0.15) is 82.2 Å². The van der Waals surface area contributed by atoms with Crippen LogP contribution in [0.25, 0.3) is 0 Å². The summed E-state index contributed by atoms with van der Waals surface area (Å²) >= 11 is 0. The molecule has 0 saturated heterocycles. The lowest BCUT2D eigenvalue weighted by molar-refractivity contribution is -0.123. The van der Waals surface area contributed by atoms with Crippen LogP contribution >= 0.6 is 0 Å². The monoisotopic (exact) mass is 730 g/mol. The molecule has 0 radical (unpaired) electrons. The second kappa shape index (κ2) is 17.1. The lowest BCUT2D eigenvalue weighted by Crippen LogP contribution is -2.49. The van der Waals surface area contributed by atoms with Crippen molar-refractivity contribution in [1.82, 2.24) is 20.3 Å². The van der Waals surface area contributed by atoms with Gasteiger partial charge in [-0.05, 0) is 97.4 Å². The Labute approximate surface area is 301 Å². The quantitative estimate of drug-likeness (QED) is 0.124. The van der Waals surface area contributed by atoms with E-state index in [1.165, 1.54) is 4.90 Å². The van der Waals surface area contributed by atoms with Gasteiger partial charge in [0.1, 0.15) is 29.6 Å². The van der Waals surface area contributed by atoms with Crippen LogP contribution in [-0.4, -0.2) is 80.8 Å². The molecule has 1 aliphatic rings. The highest BCUT2D eigenvalue weighted by atomic mass is 32.2. The Hall–Kier alpha value is -4.53. The summed E-state index contributed by atoms with van der Waals surface area (Å²) in [6.07, 6.45) is -0.303. The fraction of sp³-hybridized carbons (Fsp3) is 0.556. The molecule has 282 valence electrons. The third-order valence-corrected chi connectivity index (χ3v) is 9.89. The van der Waals surface area contributed by atoms with Gasteiger partial charge in [0.15, 0.2) is 0 Å². The van der Waals surface area contributed by atoms with Crippen molar-refractivity contribution < 1.29 is 37.0 Å². The van der Waals surface area contributed by atoms with E-state index in [4.69, 9.17) is 19.9 Å². The Morgan fingerprint density at radius 2 is 1.75 bits per heavy atom. The molecule has 0 aromatic heterocycles. The second-order valence-corrected chi connectivity index (χ2v) is 15.8. The molecule has 0 fully saturated rings. The Morgan fingerprint density at radius 3 is 2.37 bits per heavy atom. The largest absolute Gasteiger partial charge is 0.487 e. The van der Waals surface area contributed by atoms with E-state index in [1.54, 1.807) is 41.5 Å². The van der Waals surface area contributed by atoms with Gasteiger partial charge in [0, 0.05) is 38.2 Å². The van der Waals surface area contributed by atoms with E-state index < -0.39 is 45.4 Å². The Morgan fingerprint density at radius 1 is 1.08 bits per heavy atom. The molecule has 5 N–H and O–H groups in total. The van der Waals surface area contributed by atoms with Gasteiger partial charge in [0.2, 0.25) is 11.9 Å². The molecule has 0 unspecified atom stereocenters. The number of likely N-dealkylation sites (N-methyl/N-ethyl adjacent to an activating group) is 1. The molecule has 1 heterocycles. The number of sulfonamides is 1. The van der Waals surface area contributed by atoms with Crippen molar-refractivity contribution in [2.24, 2.45) is 10.7 Å². The number of carbonyl (C=O) groups is 3. The fourth-order valence-electron chi connectivity index (χ4n) is 5.71. The summed E-state index contributed by atoms with van der Waals surface area (Å²) in [5.74, 6) is -0.0704. The van der Waals surface area contributed by atoms with Crippen molar-refractivity contribution in [2.75, 3.05) is 26.2 Å². The van der Waals surface area contributed by atoms with Gasteiger partial charge in [-0.15, -0.1) is 0 Å². The topological polar surface area (TPSA) is 191 Å². The van der Waals surface area contributed by atoms with Crippen LogP contribution in [-0.2, 0) is 37.3 Å². The van der Waals surface area contributed by atoms with Crippen molar-refractivity contribution in [2.45, 2.75) is 110 Å². The first-order valence-corrected chi connectivity index (χ1v) is 18.6. The van der Waals surface area contributed by atoms with Gasteiger partial charge in [-0.2, -0.15) is 0 Å². The SMILES string of the molecule is CCN(CCNC(=O)[C@H](CCCN=C(N)NS(=O)(=O)c1c(C)c(C)c2c(c1C)CC(C)(C)O2)NC(=O)OC(C)(C)C)C(=O)OCc1ccccc1. The number of nitrogens with zero attached hydrogens (tertiary/aromatic N) is 2. The summed E-state index contributed by atoms with van der Waals surface area (Å²) in [5, 5.41) is 5.36. The minimum atomic E-state index is -4.08. The van der Waals surface area contributed by atoms with Crippen LogP contribution in [0.4, 0.5) is 9.59 Å². The van der Waals surface area contributed by atoms with Crippen molar-refractivity contribution in [3.63, 3.8) is 0 Å². The zero-order chi connectivity index (χ0) is 38.1. The molecule has 1 atom stereocenters. The molecular weight excluding hydrogens is 676 g/mol. The van der Waals surface area contributed by atoms with E-state index in [2.05, 4.69) is 20.3 Å². The number of hydrogen-bond acceptors (Lipinski definition) is 9. The predicted octanol–water partition coefficient (Wildman–Crippen LogP) is 4.37. The van der Waals surface area contributed by atoms with E-state index in [-0.39, 0.29) is 49.9 Å². The van der Waals surface area contributed by atoms with Gasteiger partial charge in [-0.3, -0.25) is 9.79 Å². The number of benzene rings is 2. The predicted molar refractivity (Wildman–Crippen MR) is 195 cm³/mol. The highest BCUT2D eigenvalue weighted by molar-refractivity contribution is 7.90. The number of carbonyl (C=O) groups excluding carboxylic acids is 3. The molecule has 2 aromatic rings. The lowest BCUT2D eigenvalue weighted by atomic mass is 9.94. The first-order chi connectivity index (χ1) is 23.7. The second-order valence-electron chi connectivity index (χ2n) is 14.2. The summed E-state index contributed by atoms with van der Waals surface area (Å²) in [7, 11) is -4.08. The van der Waals surface area contributed by atoms with Crippen LogP contribution in [0.15, 0.2) is 40.2 Å². The van der Waals surface area contributed by atoms with Gasteiger partial charge >= 0.3 is 12.2 Å². The van der Waals surface area contributed by atoms with Crippen molar-refractivity contribution in [1.29, 1.82) is 0 Å². The lowest BCUT2D eigenvalue weighted by Gasteiger charge is -2.24. The molecule has 0 bridgehead atoms. The average Bonchev–Trinajstić information content (AvgIpc) is 3.37. The molecule has 15 heteroatoms. The molecule has 0 spiro atoms. The maximum absolute atomic E-state index is 13.5. The summed E-state index contributed by atoms with van der Waals surface area (Å²) in [6, 6.07) is 8.30. The Balaban J connectivity index is 1.61. The molecular formula is C36H54N6O8S. The maximum atomic E-state index is 13.5. The standard InChI is InChI=1S/C36H54N6O8S/c1-10-42(34(45)48-22-26-15-12-11-13-16-26)20-19-38-31(43)28(40-33(44)50-35(5,6)7)17-14-18-39-32(37)41-51(46,47)30-24(3)23(2)29-27(25(30)4)21-36(8,9)49-29/h11-13,15-16,28H,10,14,17-22H2,1-9H3,(H,38,43)(H,40,44)(H3,37,39,41)/t28-/m0/s1. The summed E-state index contributed by atoms with van der Waals surface area (Å²) < 4.78 is 46.3. The van der Waals surface area contributed by atoms with Gasteiger partial charge < -0.3 is 35.5 Å². The number of rotatable bonds is 14. The zero-order valence-electron chi connectivity index (χ0n) is 31.3. The van der Waals surface area contributed by atoms with Crippen molar-refractivity contribution in [3.05, 3.63) is 58.1 Å². The molecule has 3 amide bonds. The zero-order valence-corrected chi connectivity index (χ0v) is 32.1. The molecule has 3 rings (SSSR count). The van der Waals surface area contributed by atoms with Crippen molar-refractivity contribution in [3.8, 4) is 5.75 Å². The van der Waals surface area contributed by atoms with Crippen LogP contribution in [0.2, 0.25) is 0 Å². The normalized spacial score (nSPS) is 14.5. The van der Waals surface area contributed by atoms with Crippen LogP contribution in [0.3, 0.4) is 0 Å². The smallest absolute Gasteiger partial charge is 0.410 e. The maximum Gasteiger partial charge on any atom is 0.410 e. The van der Waals surface area contributed by atoms with Gasteiger partial charge in [-0.25, -0.2) is 22.7 Å². The fourth-order valence-corrected chi connectivity index (χ4v) is 7.23. The van der Waals surface area contributed by atoms with E-state index >= 15 is 0 Å². The molecule has 1 aliphatic heterocycles. The minimum absolute atomic E-state index is 0.0637. The van der Waals surface area contributed by atoms with Crippen LogP contribution in [0, 0.1) is 20.8 Å². The molecule has 14 nitrogen and oxygen atoms in total. The number of amides is 3. The van der Waals surface area contributed by atoms with Crippen LogP contribution in [0.5, 0.6) is 5.75 Å². The molecule has 0 aliphatic carbocycles. The average molecular weight is 731 g/mol. The third kappa shape index (κ3) is 11.8. The highest BCUT2D eigenvalue weighted by Gasteiger charge is 2.36. The van der Waals surface area contributed by atoms with Crippen LogP contribution < -0.4 is 25.8 Å². The summed E-state index contributed by atoms with van der Waals surface area (Å²) in [6.45, 7) is 17.0. The summed E-state index contributed by atoms with van der Waals surface area (Å²) in [4.78, 5) is 44.2. The number of aliphatic imine (C=N–C) groups is 1. The van der Waals surface area contributed by atoms with E-state index in [0.717, 1.165) is 22.4 Å². The van der Waals surface area contributed by atoms with Gasteiger partial charge in [0.25, 0.3) is 10.0 Å². The van der Waals surface area contributed by atoms with E-state index in [0.29, 0.717) is 24.1 Å². The number of alkyl carbamates (subject to hydrolysis) is 1. The Bertz CT molecular complexity index is 1700. The molecule has 2 aromatic carbocycles. The number of nitrogens with two attached hydrogens (primary N) is 1. The number of fused-ring (bicyclic) bond motifs is 1. The molecule has 51 heavy (non-hydrogen) atoms. The van der Waals surface area contributed by atoms with E-state index in [9.17, 15) is 22.8 Å². The van der Waals surface area contributed by atoms with Gasteiger partial charge in [-0.1, -0.05) is 30.3 Å². The van der Waals surface area contributed by atoms with E-state index in [1.807, 2.05) is 51.1 Å². The first kappa shape index (κ1) is 40.9. The summed E-state index contributed by atoms with van der Waals surface area (Å²) in [5.41, 5.74) is 8.43. The number of hydrogen-bond donors (Lipinski definition) is 4. The minimum Gasteiger partial charge on any atom is -0.487 e. The molecule has 0 saturated carbocycles. The number of guanidine groups is 1. The van der Waals surface area contributed by atoms with Gasteiger partial charge in [0.05, 0.1) is 4.90 Å².